The van der Waals surface area contributed by atoms with Gasteiger partial charge in [-0.1, -0.05) is 28.1 Å². The van der Waals surface area contributed by atoms with E-state index in [0.717, 1.165) is 30.4 Å². The van der Waals surface area contributed by atoms with Crippen LogP contribution in [0.5, 0.6) is 0 Å². The molecule has 106 valence electrons. The molecule has 0 aliphatic carbocycles. The third-order valence-corrected chi connectivity index (χ3v) is 4.91. The minimum atomic E-state index is 0.315. The van der Waals surface area contributed by atoms with Gasteiger partial charge < -0.3 is 10.5 Å². The number of nitrogens with zero attached hydrogens (tertiary/aromatic N) is 1. The summed E-state index contributed by atoms with van der Waals surface area (Å²) >= 11 is 3.61. The van der Waals surface area contributed by atoms with Crippen molar-refractivity contribution in [3.63, 3.8) is 0 Å². The number of likely N-dealkylation sites (tertiary alicyclic amines) is 1. The standard InChI is InChI=1S/C15H23BrN2O/c1-11-3-4-12(9-14(11)16)15(10-17)18-7-5-13(19-2)6-8-18/h3-4,9,13,15H,5-8,10,17H2,1-2H3. The number of hydrogen-bond donors (Lipinski definition) is 1. The van der Waals surface area contributed by atoms with Gasteiger partial charge in [0.05, 0.1) is 6.10 Å². The molecule has 1 aliphatic heterocycles. The molecule has 1 aromatic rings. The van der Waals surface area contributed by atoms with Gasteiger partial charge in [-0.3, -0.25) is 4.90 Å². The number of halogens is 1. The maximum absolute atomic E-state index is 6.00. The highest BCUT2D eigenvalue weighted by Gasteiger charge is 2.25. The topological polar surface area (TPSA) is 38.5 Å². The highest BCUT2D eigenvalue weighted by atomic mass is 79.9. The van der Waals surface area contributed by atoms with Crippen molar-refractivity contribution in [1.29, 1.82) is 0 Å². The maximum Gasteiger partial charge on any atom is 0.0595 e. The van der Waals surface area contributed by atoms with E-state index >= 15 is 0 Å². The van der Waals surface area contributed by atoms with E-state index in [1.54, 1.807) is 7.11 Å². The van der Waals surface area contributed by atoms with Gasteiger partial charge in [0, 0.05) is 37.3 Å². The fraction of sp³-hybridized carbons (Fsp3) is 0.600. The van der Waals surface area contributed by atoms with Gasteiger partial charge in [-0.05, 0) is 37.0 Å². The molecule has 1 heterocycles. The van der Waals surface area contributed by atoms with Gasteiger partial charge in [0.1, 0.15) is 0 Å². The first kappa shape index (κ1) is 15.0. The lowest BCUT2D eigenvalue weighted by Crippen LogP contribution is -2.41. The molecule has 0 bridgehead atoms. The smallest absolute Gasteiger partial charge is 0.0595 e. The lowest BCUT2D eigenvalue weighted by molar-refractivity contribution is 0.0280. The second kappa shape index (κ2) is 6.84. The van der Waals surface area contributed by atoms with E-state index in [9.17, 15) is 0 Å². The fourth-order valence-electron chi connectivity index (χ4n) is 2.74. The third-order valence-electron chi connectivity index (χ3n) is 4.05. The zero-order valence-corrected chi connectivity index (χ0v) is 13.3. The summed E-state index contributed by atoms with van der Waals surface area (Å²) < 4.78 is 6.59. The molecule has 0 amide bonds. The molecule has 1 aromatic carbocycles. The average Bonchev–Trinajstić information content (AvgIpc) is 2.44. The molecule has 1 aliphatic rings. The number of nitrogens with two attached hydrogens (primary N) is 1. The van der Waals surface area contributed by atoms with Crippen LogP contribution in [0, 0.1) is 6.92 Å². The molecular formula is C15H23BrN2O. The summed E-state index contributed by atoms with van der Waals surface area (Å²) in [6.45, 7) is 4.89. The van der Waals surface area contributed by atoms with Crippen LogP contribution < -0.4 is 5.73 Å². The molecule has 1 saturated heterocycles. The molecule has 2 N–H and O–H groups in total. The monoisotopic (exact) mass is 326 g/mol. The molecule has 1 atom stereocenters. The summed E-state index contributed by atoms with van der Waals surface area (Å²) in [6, 6.07) is 6.87. The summed E-state index contributed by atoms with van der Waals surface area (Å²) in [5.41, 5.74) is 8.57. The van der Waals surface area contributed by atoms with Crippen molar-refractivity contribution >= 4 is 15.9 Å². The Morgan fingerprint density at radius 3 is 2.63 bits per heavy atom. The minimum Gasteiger partial charge on any atom is -0.381 e. The summed E-state index contributed by atoms with van der Waals surface area (Å²) in [7, 11) is 1.80. The Hall–Kier alpha value is -0.420. The molecule has 0 spiro atoms. The van der Waals surface area contributed by atoms with Crippen LogP contribution in [0.2, 0.25) is 0 Å². The molecule has 0 saturated carbocycles. The summed E-state index contributed by atoms with van der Waals surface area (Å²) in [6.07, 6.45) is 2.61. The van der Waals surface area contributed by atoms with Gasteiger partial charge in [-0.15, -0.1) is 0 Å². The average molecular weight is 327 g/mol. The lowest BCUT2D eigenvalue weighted by Gasteiger charge is -2.37. The van der Waals surface area contributed by atoms with E-state index in [4.69, 9.17) is 10.5 Å². The van der Waals surface area contributed by atoms with Gasteiger partial charge in [0.25, 0.3) is 0 Å². The van der Waals surface area contributed by atoms with Crippen molar-refractivity contribution in [3.8, 4) is 0 Å². The van der Waals surface area contributed by atoms with Gasteiger partial charge in [0.15, 0.2) is 0 Å². The molecule has 0 aromatic heterocycles. The van der Waals surface area contributed by atoms with Crippen molar-refractivity contribution in [1.82, 2.24) is 4.90 Å². The van der Waals surface area contributed by atoms with Gasteiger partial charge in [0.2, 0.25) is 0 Å². The first-order valence-corrected chi connectivity index (χ1v) is 7.68. The second-order valence-electron chi connectivity index (χ2n) is 5.23. The van der Waals surface area contributed by atoms with Crippen LogP contribution in [0.1, 0.15) is 30.0 Å². The largest absolute Gasteiger partial charge is 0.381 e. The normalized spacial score (nSPS) is 19.6. The van der Waals surface area contributed by atoms with E-state index in [1.165, 1.54) is 11.1 Å². The van der Waals surface area contributed by atoms with E-state index in [-0.39, 0.29) is 0 Å². The SMILES string of the molecule is COC1CCN(C(CN)c2ccc(C)c(Br)c2)CC1. The number of benzene rings is 1. The maximum atomic E-state index is 6.00. The van der Waals surface area contributed by atoms with Crippen LogP contribution in [-0.4, -0.2) is 37.7 Å². The molecule has 19 heavy (non-hydrogen) atoms. The number of ether oxygens (including phenoxy) is 1. The van der Waals surface area contributed by atoms with Crippen LogP contribution >= 0.6 is 15.9 Å². The second-order valence-corrected chi connectivity index (χ2v) is 6.09. The summed E-state index contributed by atoms with van der Waals surface area (Å²) in [4.78, 5) is 2.48. The Morgan fingerprint density at radius 1 is 1.42 bits per heavy atom. The van der Waals surface area contributed by atoms with Gasteiger partial charge in [-0.25, -0.2) is 0 Å². The van der Waals surface area contributed by atoms with E-state index < -0.39 is 0 Å². The molecular weight excluding hydrogens is 304 g/mol. The van der Waals surface area contributed by atoms with Crippen LogP contribution in [0.3, 0.4) is 0 Å². The molecule has 1 fully saturated rings. The molecule has 2 rings (SSSR count). The van der Waals surface area contributed by atoms with Crippen LogP contribution in [-0.2, 0) is 4.74 Å². The molecule has 0 radical (unpaired) electrons. The number of piperidine rings is 1. The predicted molar refractivity (Wildman–Crippen MR) is 82.3 cm³/mol. The lowest BCUT2D eigenvalue weighted by atomic mass is 9.99. The van der Waals surface area contributed by atoms with Gasteiger partial charge >= 0.3 is 0 Å². The number of rotatable bonds is 4. The van der Waals surface area contributed by atoms with Crippen LogP contribution in [0.15, 0.2) is 22.7 Å². The third kappa shape index (κ3) is 3.57. The Morgan fingerprint density at radius 2 is 2.11 bits per heavy atom. The van der Waals surface area contributed by atoms with Crippen molar-refractivity contribution in [3.05, 3.63) is 33.8 Å². The number of methoxy groups -OCH3 is 1. The van der Waals surface area contributed by atoms with Crippen molar-refractivity contribution in [2.45, 2.75) is 31.9 Å². The van der Waals surface area contributed by atoms with E-state index in [0.29, 0.717) is 18.7 Å². The fourth-order valence-corrected chi connectivity index (χ4v) is 3.13. The van der Waals surface area contributed by atoms with Crippen molar-refractivity contribution in [2.24, 2.45) is 5.73 Å². The summed E-state index contributed by atoms with van der Waals surface area (Å²) in [5, 5.41) is 0. The van der Waals surface area contributed by atoms with Gasteiger partial charge in [-0.2, -0.15) is 0 Å². The van der Waals surface area contributed by atoms with Crippen molar-refractivity contribution in [2.75, 3.05) is 26.7 Å². The summed E-state index contributed by atoms with van der Waals surface area (Å²) in [5.74, 6) is 0. The molecule has 4 heteroatoms. The zero-order chi connectivity index (χ0) is 13.8. The first-order valence-electron chi connectivity index (χ1n) is 6.88. The quantitative estimate of drug-likeness (QED) is 0.924. The van der Waals surface area contributed by atoms with Crippen molar-refractivity contribution < 1.29 is 4.74 Å². The van der Waals surface area contributed by atoms with E-state index in [2.05, 4.69) is 46.0 Å². The molecule has 3 nitrogen and oxygen atoms in total. The minimum absolute atomic E-state index is 0.315. The Kier molecular flexibility index (Phi) is 5.39. The van der Waals surface area contributed by atoms with Crippen LogP contribution in [0.25, 0.3) is 0 Å². The van der Waals surface area contributed by atoms with Crippen LogP contribution in [0.4, 0.5) is 0 Å². The Labute approximate surface area is 124 Å². The first-order chi connectivity index (χ1) is 9.15. The molecule has 1 unspecified atom stereocenters. The Bertz CT molecular complexity index is 417. The Balaban J connectivity index is 2.09. The predicted octanol–water partition coefficient (Wildman–Crippen LogP) is 2.87. The highest BCUT2D eigenvalue weighted by molar-refractivity contribution is 9.10. The van der Waals surface area contributed by atoms with E-state index in [1.807, 2.05) is 0 Å². The number of hydrogen-bond acceptors (Lipinski definition) is 3. The highest BCUT2D eigenvalue weighted by Crippen LogP contribution is 2.27. The zero-order valence-electron chi connectivity index (χ0n) is 11.7. The number of aryl methyl sites for hydroxylation is 1.